The summed E-state index contributed by atoms with van der Waals surface area (Å²) in [6, 6.07) is 9.22. The summed E-state index contributed by atoms with van der Waals surface area (Å²) in [7, 11) is 0. The number of aryl methyl sites for hydroxylation is 1. The van der Waals surface area contributed by atoms with Gasteiger partial charge in [0.25, 0.3) is 11.5 Å². The molecule has 0 aliphatic carbocycles. The van der Waals surface area contributed by atoms with Crippen LogP contribution in [0.5, 0.6) is 0 Å². The highest BCUT2D eigenvalue weighted by Gasteiger charge is 2.26. The summed E-state index contributed by atoms with van der Waals surface area (Å²) in [5, 5.41) is 3.15. The maximum absolute atomic E-state index is 13.6. The van der Waals surface area contributed by atoms with E-state index in [4.69, 9.17) is 4.74 Å². The highest BCUT2D eigenvalue weighted by Crippen LogP contribution is 2.29. The van der Waals surface area contributed by atoms with Gasteiger partial charge in [-0.2, -0.15) is 0 Å². The second-order valence-corrected chi connectivity index (χ2v) is 9.90. The van der Waals surface area contributed by atoms with Gasteiger partial charge in [-0.15, -0.1) is 11.3 Å². The van der Waals surface area contributed by atoms with Gasteiger partial charge in [-0.25, -0.2) is 4.79 Å². The van der Waals surface area contributed by atoms with Crippen molar-refractivity contribution in [3.63, 3.8) is 0 Å². The van der Waals surface area contributed by atoms with Crippen molar-refractivity contribution in [3.8, 4) is 0 Å². The molecule has 4 rings (SSSR count). The first-order chi connectivity index (χ1) is 17.3. The van der Waals surface area contributed by atoms with Crippen molar-refractivity contribution < 1.29 is 14.3 Å². The van der Waals surface area contributed by atoms with Crippen LogP contribution in [0.1, 0.15) is 47.5 Å². The van der Waals surface area contributed by atoms with Crippen LogP contribution >= 0.6 is 11.3 Å². The predicted molar refractivity (Wildman–Crippen MR) is 140 cm³/mol. The van der Waals surface area contributed by atoms with Gasteiger partial charge in [-0.1, -0.05) is 30.3 Å². The van der Waals surface area contributed by atoms with Crippen LogP contribution in [-0.4, -0.2) is 58.2 Å². The molecule has 0 saturated carbocycles. The molecule has 9 nitrogen and oxygen atoms in total. The summed E-state index contributed by atoms with van der Waals surface area (Å²) in [5.41, 5.74) is 0.291. The van der Waals surface area contributed by atoms with E-state index in [1.54, 1.807) is 11.8 Å². The summed E-state index contributed by atoms with van der Waals surface area (Å²) < 4.78 is 8.04. The normalized spacial score (nSPS) is 15.4. The first kappa shape index (κ1) is 25.8. The zero-order valence-electron chi connectivity index (χ0n) is 20.9. The molecule has 0 bridgehead atoms. The zero-order chi connectivity index (χ0) is 25.8. The molecule has 3 heterocycles. The molecule has 192 valence electrons. The molecule has 36 heavy (non-hydrogen) atoms. The van der Waals surface area contributed by atoms with Crippen LogP contribution in [0.3, 0.4) is 0 Å². The van der Waals surface area contributed by atoms with Crippen LogP contribution < -0.4 is 16.6 Å². The third-order valence-electron chi connectivity index (χ3n) is 6.58. The minimum Gasteiger partial charge on any atom is -0.376 e. The molecule has 0 spiro atoms. The molecule has 1 atom stereocenters. The highest BCUT2D eigenvalue weighted by molar-refractivity contribution is 7.20. The Morgan fingerprint density at radius 2 is 1.86 bits per heavy atom. The lowest BCUT2D eigenvalue weighted by Crippen LogP contribution is -2.43. The van der Waals surface area contributed by atoms with Gasteiger partial charge in [0.05, 0.1) is 22.9 Å². The monoisotopic (exact) mass is 512 g/mol. The van der Waals surface area contributed by atoms with Crippen molar-refractivity contribution >= 4 is 33.4 Å². The lowest BCUT2D eigenvalue weighted by Gasteiger charge is -2.17. The average molecular weight is 513 g/mol. The largest absolute Gasteiger partial charge is 0.376 e. The summed E-state index contributed by atoms with van der Waals surface area (Å²) in [5.74, 6) is -0.531. The lowest BCUT2D eigenvalue weighted by atomic mass is 10.2. The molecule has 2 amide bonds. The van der Waals surface area contributed by atoms with Gasteiger partial charge in [0.15, 0.2) is 0 Å². The summed E-state index contributed by atoms with van der Waals surface area (Å²) in [6.07, 6.45) is 1.82. The van der Waals surface area contributed by atoms with Crippen molar-refractivity contribution in [1.29, 1.82) is 0 Å². The number of hydrogen-bond donors (Lipinski definition) is 1. The van der Waals surface area contributed by atoms with Crippen LogP contribution in [0.2, 0.25) is 0 Å². The number of thiophene rings is 1. The molecule has 2 aromatic heterocycles. The minimum atomic E-state index is -0.577. The number of nitrogens with zero attached hydrogens (tertiary/aromatic N) is 3. The number of ether oxygens (including phenoxy) is 1. The maximum Gasteiger partial charge on any atom is 0.332 e. The van der Waals surface area contributed by atoms with Gasteiger partial charge in [0.2, 0.25) is 5.91 Å². The molecule has 1 aliphatic rings. The molecule has 1 unspecified atom stereocenters. The molecule has 1 N–H and O–H groups in total. The predicted octanol–water partition coefficient (Wildman–Crippen LogP) is 2.36. The van der Waals surface area contributed by atoms with Crippen molar-refractivity contribution in [2.45, 2.75) is 52.8 Å². The fraction of sp³-hybridized carbons (Fsp3) is 0.462. The van der Waals surface area contributed by atoms with Crippen molar-refractivity contribution in [2.24, 2.45) is 0 Å². The second-order valence-electron chi connectivity index (χ2n) is 8.90. The molecule has 10 heteroatoms. The number of rotatable bonds is 9. The van der Waals surface area contributed by atoms with Gasteiger partial charge >= 0.3 is 5.69 Å². The van der Waals surface area contributed by atoms with Gasteiger partial charge in [-0.3, -0.25) is 23.5 Å². The van der Waals surface area contributed by atoms with Gasteiger partial charge < -0.3 is 15.0 Å². The van der Waals surface area contributed by atoms with Crippen LogP contribution in [0.25, 0.3) is 10.2 Å². The maximum atomic E-state index is 13.6. The van der Waals surface area contributed by atoms with Crippen molar-refractivity contribution in [1.82, 2.24) is 19.4 Å². The molecular weight excluding hydrogens is 480 g/mol. The Bertz CT molecular complexity index is 1360. The van der Waals surface area contributed by atoms with E-state index in [0.29, 0.717) is 46.9 Å². The fourth-order valence-corrected chi connectivity index (χ4v) is 5.79. The van der Waals surface area contributed by atoms with Crippen LogP contribution in [-0.2, 0) is 22.6 Å². The summed E-state index contributed by atoms with van der Waals surface area (Å²) >= 11 is 1.10. The van der Waals surface area contributed by atoms with Crippen molar-refractivity contribution in [2.75, 3.05) is 26.2 Å². The fourth-order valence-electron chi connectivity index (χ4n) is 4.53. The molecule has 3 aromatic rings. The van der Waals surface area contributed by atoms with Crippen molar-refractivity contribution in [3.05, 3.63) is 67.2 Å². The van der Waals surface area contributed by atoms with Crippen LogP contribution in [0.4, 0.5) is 0 Å². The Balaban J connectivity index is 1.80. The minimum absolute atomic E-state index is 0.0278. The highest BCUT2D eigenvalue weighted by atomic mass is 32.1. The Morgan fingerprint density at radius 1 is 1.14 bits per heavy atom. The van der Waals surface area contributed by atoms with E-state index in [1.807, 2.05) is 44.2 Å². The average Bonchev–Trinajstić information content (AvgIpc) is 3.52. The van der Waals surface area contributed by atoms with E-state index in [-0.39, 0.29) is 31.0 Å². The zero-order valence-corrected chi connectivity index (χ0v) is 21.7. The quantitative estimate of drug-likeness (QED) is 0.474. The van der Waals surface area contributed by atoms with Gasteiger partial charge in [-0.05, 0) is 44.7 Å². The van der Waals surface area contributed by atoms with Crippen LogP contribution in [0.15, 0.2) is 39.9 Å². The molecular formula is C26H32N4O5S. The molecule has 1 saturated heterocycles. The lowest BCUT2D eigenvalue weighted by molar-refractivity contribution is -0.122. The summed E-state index contributed by atoms with van der Waals surface area (Å²) in [6.45, 7) is 7.45. The van der Waals surface area contributed by atoms with E-state index < -0.39 is 11.2 Å². The molecule has 1 aliphatic heterocycles. The Labute approximate surface area is 213 Å². The Morgan fingerprint density at radius 3 is 2.50 bits per heavy atom. The summed E-state index contributed by atoms with van der Waals surface area (Å²) in [4.78, 5) is 55.6. The Hall–Kier alpha value is -3.24. The molecule has 1 aromatic carbocycles. The SMILES string of the molecule is CCN(CC)C(=O)c1sc2c(c1C)c(=O)n(Cc1ccccc1)c(=O)n2CC(=O)NCC1CCCO1. The van der Waals surface area contributed by atoms with E-state index in [1.165, 1.54) is 4.57 Å². The smallest absolute Gasteiger partial charge is 0.332 e. The number of amides is 2. The number of carbonyl (C=O) groups excluding carboxylic acids is 2. The van der Waals surface area contributed by atoms with Gasteiger partial charge in [0.1, 0.15) is 11.4 Å². The third-order valence-corrected chi connectivity index (χ3v) is 7.88. The first-order valence-electron chi connectivity index (χ1n) is 12.3. The number of hydrogen-bond acceptors (Lipinski definition) is 6. The number of nitrogens with one attached hydrogen (secondary N) is 1. The second kappa shape index (κ2) is 11.2. The Kier molecular flexibility index (Phi) is 8.05. The van der Waals surface area contributed by atoms with E-state index in [2.05, 4.69) is 5.32 Å². The number of fused-ring (bicyclic) bond motifs is 1. The number of carbonyl (C=O) groups is 2. The number of benzene rings is 1. The topological polar surface area (TPSA) is 103 Å². The van der Waals surface area contributed by atoms with Crippen LogP contribution in [0, 0.1) is 6.92 Å². The van der Waals surface area contributed by atoms with Gasteiger partial charge in [0, 0.05) is 26.2 Å². The van der Waals surface area contributed by atoms with E-state index in [9.17, 15) is 19.2 Å². The standard InChI is InChI=1S/C26H32N4O5S/c1-4-28(5-2)24(33)22-17(3)21-23(32)29(15-18-10-7-6-8-11-18)26(34)30(25(21)36-22)16-20(31)27-14-19-12-9-13-35-19/h6-8,10-11,19H,4-5,9,12-16H2,1-3H3,(H,27,31). The first-order valence-corrected chi connectivity index (χ1v) is 13.2. The third kappa shape index (κ3) is 5.15. The molecule has 0 radical (unpaired) electrons. The van der Waals surface area contributed by atoms with E-state index in [0.717, 1.165) is 34.3 Å². The number of aromatic nitrogens is 2. The van der Waals surface area contributed by atoms with E-state index >= 15 is 0 Å². The molecule has 1 fully saturated rings.